The molecule has 1 fully saturated rings. The summed E-state index contributed by atoms with van der Waals surface area (Å²) in [7, 11) is 0. The molecule has 2 N–H and O–H groups in total. The Morgan fingerprint density at radius 2 is 2.33 bits per heavy atom. The average Bonchev–Trinajstić information content (AvgIpc) is 3.04. The van der Waals surface area contributed by atoms with E-state index >= 15 is 0 Å². The molecule has 1 aromatic heterocycles. The zero-order chi connectivity index (χ0) is 15.4. The number of ether oxygens (including phenoxy) is 1. The summed E-state index contributed by atoms with van der Waals surface area (Å²) in [5.41, 5.74) is -0.174. The summed E-state index contributed by atoms with van der Waals surface area (Å²) in [6.45, 7) is 5.46. The molecule has 8 nitrogen and oxygen atoms in total. The number of carboxylic acids is 1. The summed E-state index contributed by atoms with van der Waals surface area (Å²) in [6, 6.07) is 0. The summed E-state index contributed by atoms with van der Waals surface area (Å²) in [4.78, 5) is 22.5. The van der Waals surface area contributed by atoms with Crippen LogP contribution >= 0.6 is 0 Å². The summed E-state index contributed by atoms with van der Waals surface area (Å²) >= 11 is 0. The van der Waals surface area contributed by atoms with Gasteiger partial charge >= 0.3 is 5.97 Å². The molecule has 2 atom stereocenters. The van der Waals surface area contributed by atoms with Gasteiger partial charge in [0.05, 0.1) is 12.3 Å². The third-order valence-electron chi connectivity index (χ3n) is 3.55. The number of hydrogen-bond donors (Lipinski definition) is 2. The van der Waals surface area contributed by atoms with E-state index in [0.29, 0.717) is 18.4 Å². The lowest BCUT2D eigenvalue weighted by Gasteiger charge is -2.22. The molecule has 2 heterocycles. The normalized spacial score (nSPS) is 21.7. The summed E-state index contributed by atoms with van der Waals surface area (Å²) in [6.07, 6.45) is 2.35. The topological polar surface area (TPSA) is 106 Å². The number of carbonyl (C=O) groups excluding carboxylic acids is 1. The first-order valence-corrected chi connectivity index (χ1v) is 6.99. The van der Waals surface area contributed by atoms with E-state index in [0.717, 1.165) is 13.0 Å². The van der Waals surface area contributed by atoms with E-state index < -0.39 is 5.97 Å². The number of carboxylic acid groups (broad SMARTS) is 1. The van der Waals surface area contributed by atoms with Gasteiger partial charge in [-0.25, -0.2) is 9.48 Å². The fourth-order valence-corrected chi connectivity index (χ4v) is 2.53. The highest BCUT2D eigenvalue weighted by Crippen LogP contribution is 2.25. The molecule has 0 bridgehead atoms. The molecule has 2 rings (SSSR count). The molecule has 1 aliphatic rings. The van der Waals surface area contributed by atoms with Gasteiger partial charge in [-0.3, -0.25) is 4.79 Å². The van der Waals surface area contributed by atoms with Gasteiger partial charge in [0.25, 0.3) is 0 Å². The van der Waals surface area contributed by atoms with Crippen molar-refractivity contribution < 1.29 is 19.4 Å². The number of amides is 1. The Balaban J connectivity index is 1.80. The van der Waals surface area contributed by atoms with Crippen molar-refractivity contribution >= 4 is 11.9 Å². The zero-order valence-corrected chi connectivity index (χ0v) is 12.2. The number of nitrogens with one attached hydrogen (secondary N) is 1. The van der Waals surface area contributed by atoms with Gasteiger partial charge in [0.15, 0.2) is 5.69 Å². The minimum atomic E-state index is -1.16. The van der Waals surface area contributed by atoms with Gasteiger partial charge in [-0.1, -0.05) is 19.1 Å². The molecule has 116 valence electrons. The summed E-state index contributed by atoms with van der Waals surface area (Å²) in [5, 5.41) is 18.6. The highest BCUT2D eigenvalue weighted by molar-refractivity contribution is 5.84. The Bertz CT molecular complexity index is 514. The molecule has 1 saturated heterocycles. The van der Waals surface area contributed by atoms with Crippen LogP contribution in [0.3, 0.4) is 0 Å². The van der Waals surface area contributed by atoms with Crippen LogP contribution in [0.5, 0.6) is 0 Å². The van der Waals surface area contributed by atoms with Crippen molar-refractivity contribution in [1.29, 1.82) is 0 Å². The van der Waals surface area contributed by atoms with Crippen molar-refractivity contribution in [2.75, 3.05) is 13.2 Å². The maximum Gasteiger partial charge on any atom is 0.358 e. The van der Waals surface area contributed by atoms with E-state index in [9.17, 15) is 9.59 Å². The minimum absolute atomic E-state index is 0.0415. The molecule has 2 unspecified atom stereocenters. The van der Waals surface area contributed by atoms with Crippen LogP contribution < -0.4 is 5.32 Å². The molecule has 8 heteroatoms. The van der Waals surface area contributed by atoms with Gasteiger partial charge in [-0.2, -0.15) is 0 Å². The fraction of sp³-hybridized carbons (Fsp3) is 0.692. The lowest BCUT2D eigenvalue weighted by molar-refractivity contribution is -0.122. The summed E-state index contributed by atoms with van der Waals surface area (Å²) < 4.78 is 6.88. The number of aromatic nitrogens is 3. The number of aromatic carboxylic acids is 1. The van der Waals surface area contributed by atoms with Crippen LogP contribution in [-0.4, -0.2) is 51.2 Å². The number of carbonyl (C=O) groups is 2. The van der Waals surface area contributed by atoms with Gasteiger partial charge in [0.2, 0.25) is 5.91 Å². The van der Waals surface area contributed by atoms with Gasteiger partial charge in [-0.15, -0.1) is 5.10 Å². The van der Waals surface area contributed by atoms with Crippen molar-refractivity contribution in [3.63, 3.8) is 0 Å². The van der Waals surface area contributed by atoms with Gasteiger partial charge in [-0.05, 0) is 12.3 Å². The molecular formula is C13H20N4O4. The number of hydrogen-bond acceptors (Lipinski definition) is 5. The largest absolute Gasteiger partial charge is 0.476 e. The molecule has 0 radical (unpaired) electrons. The Kier molecular flexibility index (Phi) is 4.89. The molecule has 0 aromatic carbocycles. The SMILES string of the molecule is CC(C)C1OCCC1CNC(=O)Cn1cc(C(=O)O)nn1. The predicted octanol–water partition coefficient (Wildman–Crippen LogP) is 0.154. The first-order valence-electron chi connectivity index (χ1n) is 6.99. The Morgan fingerprint density at radius 3 is 2.95 bits per heavy atom. The Labute approximate surface area is 122 Å². The highest BCUT2D eigenvalue weighted by Gasteiger charge is 2.30. The Morgan fingerprint density at radius 1 is 1.57 bits per heavy atom. The highest BCUT2D eigenvalue weighted by atomic mass is 16.5. The van der Waals surface area contributed by atoms with Gasteiger partial charge in [0.1, 0.15) is 6.54 Å². The van der Waals surface area contributed by atoms with E-state index in [1.807, 2.05) is 0 Å². The quantitative estimate of drug-likeness (QED) is 0.774. The zero-order valence-electron chi connectivity index (χ0n) is 12.2. The van der Waals surface area contributed by atoms with E-state index in [-0.39, 0.29) is 24.2 Å². The van der Waals surface area contributed by atoms with Crippen molar-refractivity contribution in [2.45, 2.75) is 32.9 Å². The lowest BCUT2D eigenvalue weighted by atomic mass is 9.93. The Hall–Kier alpha value is -1.96. The minimum Gasteiger partial charge on any atom is -0.476 e. The number of nitrogens with zero attached hydrogens (tertiary/aromatic N) is 3. The third kappa shape index (κ3) is 4.01. The second-order valence-electron chi connectivity index (χ2n) is 5.54. The van der Waals surface area contributed by atoms with E-state index in [2.05, 4.69) is 29.5 Å². The van der Waals surface area contributed by atoms with E-state index in [1.54, 1.807) is 0 Å². The predicted molar refractivity (Wildman–Crippen MR) is 72.7 cm³/mol. The molecular weight excluding hydrogens is 276 g/mol. The van der Waals surface area contributed by atoms with Crippen LogP contribution in [0.1, 0.15) is 30.8 Å². The number of rotatable bonds is 6. The van der Waals surface area contributed by atoms with E-state index in [1.165, 1.54) is 10.9 Å². The van der Waals surface area contributed by atoms with E-state index in [4.69, 9.17) is 9.84 Å². The maximum atomic E-state index is 11.8. The molecule has 21 heavy (non-hydrogen) atoms. The lowest BCUT2D eigenvalue weighted by Crippen LogP contribution is -2.36. The average molecular weight is 296 g/mol. The van der Waals surface area contributed by atoms with Crippen LogP contribution in [0.4, 0.5) is 0 Å². The van der Waals surface area contributed by atoms with Crippen molar-refractivity contribution in [3.8, 4) is 0 Å². The van der Waals surface area contributed by atoms with Crippen LogP contribution in [0.2, 0.25) is 0 Å². The molecule has 0 saturated carbocycles. The molecule has 1 aromatic rings. The van der Waals surface area contributed by atoms with Crippen molar-refractivity contribution in [1.82, 2.24) is 20.3 Å². The van der Waals surface area contributed by atoms with Crippen LogP contribution in [-0.2, 0) is 16.1 Å². The van der Waals surface area contributed by atoms with Gasteiger partial charge < -0.3 is 15.2 Å². The smallest absolute Gasteiger partial charge is 0.358 e. The van der Waals surface area contributed by atoms with Crippen LogP contribution in [0.15, 0.2) is 6.20 Å². The second-order valence-corrected chi connectivity index (χ2v) is 5.54. The molecule has 1 aliphatic heterocycles. The van der Waals surface area contributed by atoms with Crippen molar-refractivity contribution in [3.05, 3.63) is 11.9 Å². The van der Waals surface area contributed by atoms with Crippen LogP contribution in [0, 0.1) is 11.8 Å². The first-order chi connectivity index (χ1) is 9.97. The van der Waals surface area contributed by atoms with Crippen LogP contribution in [0.25, 0.3) is 0 Å². The third-order valence-corrected chi connectivity index (χ3v) is 3.55. The molecule has 0 aliphatic carbocycles. The second kappa shape index (κ2) is 6.66. The first kappa shape index (κ1) is 15.4. The fourth-order valence-electron chi connectivity index (χ4n) is 2.53. The maximum absolute atomic E-state index is 11.8. The standard InChI is InChI=1S/C13H20N4O4/c1-8(2)12-9(3-4-21-12)5-14-11(18)7-17-6-10(13(19)20)15-16-17/h6,8-9,12H,3-5,7H2,1-2H3,(H,14,18)(H,19,20). The summed E-state index contributed by atoms with van der Waals surface area (Å²) in [5.74, 6) is -0.641. The molecule has 1 amide bonds. The molecule has 0 spiro atoms. The van der Waals surface area contributed by atoms with Crippen molar-refractivity contribution in [2.24, 2.45) is 11.8 Å². The monoisotopic (exact) mass is 296 g/mol. The van der Waals surface area contributed by atoms with Gasteiger partial charge in [0, 0.05) is 19.1 Å².